The second kappa shape index (κ2) is 6.92. The zero-order valence-electron chi connectivity index (χ0n) is 10.3. The predicted octanol–water partition coefficient (Wildman–Crippen LogP) is -0.604. The van der Waals surface area contributed by atoms with Gasteiger partial charge in [-0.05, 0) is 17.7 Å². The molecular formula is C12H14F2N2O4. The van der Waals surface area contributed by atoms with Crippen molar-refractivity contribution in [3.05, 3.63) is 35.4 Å². The molecule has 20 heavy (non-hydrogen) atoms. The summed E-state index contributed by atoms with van der Waals surface area (Å²) in [5, 5.41) is 19.8. The SMILES string of the molecule is NC(CO)C(=O)NC(Cc1ccc(F)c(F)c1)C(=O)O. The molecule has 6 nitrogen and oxygen atoms in total. The summed E-state index contributed by atoms with van der Waals surface area (Å²) in [5.74, 6) is -4.35. The molecule has 1 rings (SSSR count). The van der Waals surface area contributed by atoms with Gasteiger partial charge in [0.2, 0.25) is 5.91 Å². The van der Waals surface area contributed by atoms with Crippen molar-refractivity contribution in [1.29, 1.82) is 0 Å². The maximum Gasteiger partial charge on any atom is 0.326 e. The summed E-state index contributed by atoms with van der Waals surface area (Å²) in [6.45, 7) is -0.636. The van der Waals surface area contributed by atoms with Crippen LogP contribution in [0.1, 0.15) is 5.56 Å². The average molecular weight is 288 g/mol. The highest BCUT2D eigenvalue weighted by atomic mass is 19.2. The molecule has 8 heteroatoms. The van der Waals surface area contributed by atoms with Gasteiger partial charge in [-0.1, -0.05) is 6.07 Å². The molecule has 0 fully saturated rings. The zero-order valence-corrected chi connectivity index (χ0v) is 10.3. The van der Waals surface area contributed by atoms with E-state index in [1.165, 1.54) is 6.07 Å². The van der Waals surface area contributed by atoms with E-state index in [0.717, 1.165) is 12.1 Å². The highest BCUT2D eigenvalue weighted by molar-refractivity contribution is 5.87. The Morgan fingerprint density at radius 1 is 1.30 bits per heavy atom. The van der Waals surface area contributed by atoms with Crippen molar-refractivity contribution in [3.8, 4) is 0 Å². The molecule has 2 atom stereocenters. The Morgan fingerprint density at radius 2 is 1.95 bits per heavy atom. The van der Waals surface area contributed by atoms with Gasteiger partial charge < -0.3 is 21.3 Å². The van der Waals surface area contributed by atoms with Gasteiger partial charge in [-0.2, -0.15) is 0 Å². The third-order valence-corrected chi connectivity index (χ3v) is 2.57. The van der Waals surface area contributed by atoms with E-state index in [0.29, 0.717) is 0 Å². The topological polar surface area (TPSA) is 113 Å². The fourth-order valence-electron chi connectivity index (χ4n) is 1.46. The molecule has 0 aliphatic heterocycles. The number of hydrogen-bond acceptors (Lipinski definition) is 4. The van der Waals surface area contributed by atoms with Crippen LogP contribution in [0.5, 0.6) is 0 Å². The van der Waals surface area contributed by atoms with Crippen molar-refractivity contribution in [1.82, 2.24) is 5.32 Å². The van der Waals surface area contributed by atoms with Crippen LogP contribution >= 0.6 is 0 Å². The quantitative estimate of drug-likeness (QED) is 0.558. The van der Waals surface area contributed by atoms with Crippen LogP contribution in [0.15, 0.2) is 18.2 Å². The Hall–Kier alpha value is -2.06. The van der Waals surface area contributed by atoms with Crippen LogP contribution in [-0.4, -0.2) is 40.8 Å². The Kier molecular flexibility index (Phi) is 5.53. The number of carboxylic acid groups (broad SMARTS) is 1. The Morgan fingerprint density at radius 3 is 2.45 bits per heavy atom. The van der Waals surface area contributed by atoms with E-state index in [-0.39, 0.29) is 12.0 Å². The lowest BCUT2D eigenvalue weighted by Gasteiger charge is -2.17. The number of carbonyl (C=O) groups excluding carboxylic acids is 1. The standard InChI is InChI=1S/C12H14F2N2O4/c13-7-2-1-6(3-8(7)14)4-10(12(19)20)16-11(18)9(15)5-17/h1-3,9-10,17H,4-5,15H2,(H,16,18)(H,19,20). The summed E-state index contributed by atoms with van der Waals surface area (Å²) in [6.07, 6.45) is -0.240. The smallest absolute Gasteiger partial charge is 0.326 e. The molecule has 1 amide bonds. The molecule has 1 aromatic rings. The van der Waals surface area contributed by atoms with Gasteiger partial charge in [0.05, 0.1) is 6.61 Å². The highest BCUT2D eigenvalue weighted by Crippen LogP contribution is 2.10. The number of aliphatic hydroxyl groups excluding tert-OH is 1. The first-order valence-electron chi connectivity index (χ1n) is 5.68. The number of amides is 1. The summed E-state index contributed by atoms with van der Waals surface area (Å²) in [6, 6.07) is 0.326. The highest BCUT2D eigenvalue weighted by Gasteiger charge is 2.23. The minimum atomic E-state index is -1.36. The summed E-state index contributed by atoms with van der Waals surface area (Å²) < 4.78 is 25.8. The number of carbonyl (C=O) groups is 2. The summed E-state index contributed by atoms with van der Waals surface area (Å²) in [7, 11) is 0. The molecule has 0 aliphatic carbocycles. The van der Waals surface area contributed by atoms with E-state index in [2.05, 4.69) is 5.32 Å². The minimum absolute atomic E-state index is 0.203. The molecular weight excluding hydrogens is 274 g/mol. The van der Waals surface area contributed by atoms with Crippen LogP contribution in [0.4, 0.5) is 8.78 Å². The fraction of sp³-hybridized carbons (Fsp3) is 0.333. The third-order valence-electron chi connectivity index (χ3n) is 2.57. The van der Waals surface area contributed by atoms with E-state index in [1.54, 1.807) is 0 Å². The second-order valence-electron chi connectivity index (χ2n) is 4.14. The van der Waals surface area contributed by atoms with Crippen LogP contribution in [-0.2, 0) is 16.0 Å². The molecule has 1 aromatic carbocycles. The molecule has 0 aromatic heterocycles. The van der Waals surface area contributed by atoms with Gasteiger partial charge in [0.1, 0.15) is 12.1 Å². The Bertz CT molecular complexity index is 510. The van der Waals surface area contributed by atoms with E-state index in [1.807, 2.05) is 0 Å². The van der Waals surface area contributed by atoms with Gasteiger partial charge >= 0.3 is 5.97 Å². The van der Waals surface area contributed by atoms with Crippen LogP contribution in [0.2, 0.25) is 0 Å². The first kappa shape index (κ1) is 16.0. The van der Waals surface area contributed by atoms with Gasteiger partial charge in [0.15, 0.2) is 11.6 Å². The molecule has 0 saturated carbocycles. The van der Waals surface area contributed by atoms with Crippen molar-refractivity contribution >= 4 is 11.9 Å². The molecule has 110 valence electrons. The first-order chi connectivity index (χ1) is 9.35. The molecule has 2 unspecified atom stereocenters. The van der Waals surface area contributed by atoms with Crippen molar-refractivity contribution in [2.45, 2.75) is 18.5 Å². The lowest BCUT2D eigenvalue weighted by atomic mass is 10.1. The van der Waals surface area contributed by atoms with E-state index in [4.69, 9.17) is 15.9 Å². The maximum atomic E-state index is 13.0. The second-order valence-corrected chi connectivity index (χ2v) is 4.14. The monoisotopic (exact) mass is 288 g/mol. The summed E-state index contributed by atoms with van der Waals surface area (Å²) in [4.78, 5) is 22.4. The number of hydrogen-bond donors (Lipinski definition) is 4. The summed E-state index contributed by atoms with van der Waals surface area (Å²) in [5.41, 5.74) is 5.44. The molecule has 0 bridgehead atoms. The number of nitrogens with two attached hydrogens (primary N) is 1. The van der Waals surface area contributed by atoms with E-state index in [9.17, 15) is 18.4 Å². The van der Waals surface area contributed by atoms with E-state index >= 15 is 0 Å². The lowest BCUT2D eigenvalue weighted by molar-refractivity contribution is -0.142. The Labute approximate surface area is 113 Å². The molecule has 0 radical (unpaired) electrons. The number of halogens is 2. The molecule has 5 N–H and O–H groups in total. The third kappa shape index (κ3) is 4.25. The largest absolute Gasteiger partial charge is 0.480 e. The fourth-order valence-corrected chi connectivity index (χ4v) is 1.46. The number of nitrogens with one attached hydrogen (secondary N) is 1. The maximum absolute atomic E-state index is 13.0. The van der Waals surface area contributed by atoms with Gasteiger partial charge in [-0.15, -0.1) is 0 Å². The Balaban J connectivity index is 2.79. The predicted molar refractivity (Wildman–Crippen MR) is 64.7 cm³/mol. The average Bonchev–Trinajstić information content (AvgIpc) is 2.40. The first-order valence-corrected chi connectivity index (χ1v) is 5.68. The van der Waals surface area contributed by atoms with Crippen LogP contribution in [0, 0.1) is 11.6 Å². The number of carboxylic acids is 1. The van der Waals surface area contributed by atoms with Gasteiger partial charge in [-0.25, -0.2) is 13.6 Å². The molecule has 0 saturated heterocycles. The number of rotatable bonds is 6. The number of aliphatic carboxylic acids is 1. The molecule has 0 spiro atoms. The lowest BCUT2D eigenvalue weighted by Crippen LogP contribution is -2.50. The molecule has 0 heterocycles. The molecule has 0 aliphatic rings. The van der Waals surface area contributed by atoms with Crippen molar-refractivity contribution in [3.63, 3.8) is 0 Å². The normalized spacial score (nSPS) is 13.6. The van der Waals surface area contributed by atoms with Gasteiger partial charge in [0, 0.05) is 6.42 Å². The summed E-state index contributed by atoms with van der Waals surface area (Å²) >= 11 is 0. The number of aliphatic hydroxyl groups is 1. The number of benzene rings is 1. The zero-order chi connectivity index (χ0) is 15.3. The van der Waals surface area contributed by atoms with E-state index < -0.39 is 42.2 Å². The van der Waals surface area contributed by atoms with Gasteiger partial charge in [0.25, 0.3) is 0 Å². The minimum Gasteiger partial charge on any atom is -0.480 e. The van der Waals surface area contributed by atoms with Crippen molar-refractivity contribution in [2.24, 2.45) is 5.73 Å². The van der Waals surface area contributed by atoms with Crippen LogP contribution in [0.3, 0.4) is 0 Å². The van der Waals surface area contributed by atoms with Crippen molar-refractivity contribution in [2.75, 3.05) is 6.61 Å². The van der Waals surface area contributed by atoms with Crippen molar-refractivity contribution < 1.29 is 28.6 Å². The van der Waals surface area contributed by atoms with Crippen LogP contribution < -0.4 is 11.1 Å². The van der Waals surface area contributed by atoms with Crippen LogP contribution in [0.25, 0.3) is 0 Å². The van der Waals surface area contributed by atoms with Gasteiger partial charge in [-0.3, -0.25) is 4.79 Å².